The summed E-state index contributed by atoms with van der Waals surface area (Å²) in [5.41, 5.74) is 0. The Morgan fingerprint density at radius 2 is 1.91 bits per heavy atom. The number of rotatable bonds is 0. The highest BCUT2D eigenvalue weighted by Gasteiger charge is 2.58. The van der Waals surface area contributed by atoms with E-state index in [2.05, 4.69) is 6.92 Å². The molecule has 6 atom stereocenters. The van der Waals surface area contributed by atoms with E-state index in [1.165, 1.54) is 12.8 Å². The second-order valence-corrected chi connectivity index (χ2v) is 5.58. The highest BCUT2D eigenvalue weighted by Crippen LogP contribution is 2.64. The van der Waals surface area contributed by atoms with Gasteiger partial charge in [0.15, 0.2) is 0 Å². The van der Waals surface area contributed by atoms with Crippen LogP contribution in [0, 0.1) is 29.6 Å². The molecule has 0 aromatic rings. The maximum Gasteiger partial charge on any atom is 0.00507 e. The molecule has 0 bridgehead atoms. The van der Waals surface area contributed by atoms with Crippen molar-refractivity contribution in [2.45, 2.75) is 31.4 Å². The van der Waals surface area contributed by atoms with Gasteiger partial charge in [-0.25, -0.2) is 0 Å². The zero-order valence-electron chi connectivity index (χ0n) is 7.03. The van der Waals surface area contributed by atoms with Gasteiger partial charge in [-0.2, -0.15) is 12.6 Å². The summed E-state index contributed by atoms with van der Waals surface area (Å²) in [6.07, 6.45) is 4.46. The normalized spacial score (nSPS) is 66.0. The maximum absolute atomic E-state index is 4.69. The number of thiol groups is 1. The fourth-order valence-corrected chi connectivity index (χ4v) is 4.60. The van der Waals surface area contributed by atoms with Crippen LogP contribution in [0.1, 0.15) is 26.2 Å². The first-order valence-corrected chi connectivity index (χ1v) is 5.47. The summed E-state index contributed by atoms with van der Waals surface area (Å²) in [4.78, 5) is 0. The Morgan fingerprint density at radius 3 is 2.64 bits per heavy atom. The number of hydrogen-bond donors (Lipinski definition) is 1. The Hall–Kier alpha value is 0.350. The minimum absolute atomic E-state index is 0.764. The Morgan fingerprint density at radius 1 is 1.09 bits per heavy atom. The highest BCUT2D eigenvalue weighted by molar-refractivity contribution is 7.81. The predicted molar refractivity (Wildman–Crippen MR) is 49.7 cm³/mol. The molecule has 0 aromatic heterocycles. The standard InChI is InChI=1S/C10H16S/c1-5-2-8-9(11)4-6-3-7(5)10(6)8/h5-11H,2-4H2,1H3. The van der Waals surface area contributed by atoms with Gasteiger partial charge < -0.3 is 0 Å². The largest absolute Gasteiger partial charge is 0.176 e. The summed E-state index contributed by atoms with van der Waals surface area (Å²) in [5, 5.41) is 0.764. The molecule has 0 saturated heterocycles. The van der Waals surface area contributed by atoms with E-state index in [9.17, 15) is 0 Å². The lowest BCUT2D eigenvalue weighted by atomic mass is 9.65. The van der Waals surface area contributed by atoms with E-state index in [0.29, 0.717) is 0 Å². The average molecular weight is 168 g/mol. The van der Waals surface area contributed by atoms with Crippen molar-refractivity contribution in [3.05, 3.63) is 0 Å². The van der Waals surface area contributed by atoms with Gasteiger partial charge in [0.05, 0.1) is 0 Å². The Balaban J connectivity index is 1.91. The molecule has 0 heterocycles. The summed E-state index contributed by atoms with van der Waals surface area (Å²) in [6.45, 7) is 2.44. The molecule has 3 rings (SSSR count). The van der Waals surface area contributed by atoms with Crippen LogP contribution in [0.2, 0.25) is 0 Å². The van der Waals surface area contributed by atoms with Crippen LogP contribution in [-0.4, -0.2) is 5.25 Å². The van der Waals surface area contributed by atoms with Crippen LogP contribution in [0.15, 0.2) is 0 Å². The van der Waals surface area contributed by atoms with E-state index in [1.807, 2.05) is 0 Å². The number of hydrogen-bond acceptors (Lipinski definition) is 1. The molecular weight excluding hydrogens is 152 g/mol. The smallest absolute Gasteiger partial charge is 0.00507 e. The van der Waals surface area contributed by atoms with Gasteiger partial charge in [0.1, 0.15) is 0 Å². The molecule has 0 radical (unpaired) electrons. The first-order chi connectivity index (χ1) is 5.27. The van der Waals surface area contributed by atoms with Gasteiger partial charge in [-0.3, -0.25) is 0 Å². The van der Waals surface area contributed by atoms with Crippen LogP contribution in [0.5, 0.6) is 0 Å². The topological polar surface area (TPSA) is 0 Å². The molecule has 0 aliphatic heterocycles. The monoisotopic (exact) mass is 168 g/mol. The second kappa shape index (κ2) is 1.99. The van der Waals surface area contributed by atoms with Gasteiger partial charge in [-0.15, -0.1) is 0 Å². The first kappa shape index (κ1) is 6.82. The maximum atomic E-state index is 4.69. The zero-order chi connectivity index (χ0) is 7.59. The molecule has 62 valence electrons. The minimum Gasteiger partial charge on any atom is -0.176 e. The van der Waals surface area contributed by atoms with Crippen molar-refractivity contribution < 1.29 is 0 Å². The molecule has 0 aromatic carbocycles. The third-order valence-corrected chi connectivity index (χ3v) is 5.12. The van der Waals surface area contributed by atoms with Crippen LogP contribution in [0.4, 0.5) is 0 Å². The van der Waals surface area contributed by atoms with Gasteiger partial charge in [0.25, 0.3) is 0 Å². The van der Waals surface area contributed by atoms with E-state index < -0.39 is 0 Å². The highest BCUT2D eigenvalue weighted by atomic mass is 32.1. The summed E-state index contributed by atoms with van der Waals surface area (Å²) in [7, 11) is 0. The lowest BCUT2D eigenvalue weighted by Gasteiger charge is -2.39. The molecule has 0 N–H and O–H groups in total. The van der Waals surface area contributed by atoms with Crippen molar-refractivity contribution in [3.63, 3.8) is 0 Å². The van der Waals surface area contributed by atoms with Crippen molar-refractivity contribution in [2.75, 3.05) is 0 Å². The van der Waals surface area contributed by atoms with Gasteiger partial charge in [-0.05, 0) is 48.9 Å². The molecule has 3 saturated carbocycles. The van der Waals surface area contributed by atoms with Crippen LogP contribution < -0.4 is 0 Å². The van der Waals surface area contributed by atoms with Gasteiger partial charge in [0, 0.05) is 5.25 Å². The SMILES string of the molecule is CC1CC2C(S)CC3CC1C32. The van der Waals surface area contributed by atoms with Crippen molar-refractivity contribution >= 4 is 12.6 Å². The van der Waals surface area contributed by atoms with Crippen molar-refractivity contribution in [3.8, 4) is 0 Å². The Labute approximate surface area is 74.2 Å². The molecule has 0 amide bonds. The molecule has 6 unspecified atom stereocenters. The fourth-order valence-electron chi connectivity index (χ4n) is 4.01. The lowest BCUT2D eigenvalue weighted by molar-refractivity contribution is 0.0911. The molecule has 11 heavy (non-hydrogen) atoms. The summed E-state index contributed by atoms with van der Waals surface area (Å²) >= 11 is 4.69. The zero-order valence-corrected chi connectivity index (χ0v) is 7.93. The van der Waals surface area contributed by atoms with Crippen molar-refractivity contribution in [1.29, 1.82) is 0 Å². The Kier molecular flexibility index (Phi) is 1.23. The summed E-state index contributed by atoms with van der Waals surface area (Å²) in [5.74, 6) is 5.36. The molecule has 3 fully saturated rings. The van der Waals surface area contributed by atoms with Gasteiger partial charge in [0.2, 0.25) is 0 Å². The van der Waals surface area contributed by atoms with Crippen LogP contribution >= 0.6 is 12.6 Å². The second-order valence-electron chi connectivity index (χ2n) is 4.92. The molecule has 3 aliphatic rings. The summed E-state index contributed by atoms with van der Waals surface area (Å²) < 4.78 is 0. The third-order valence-electron chi connectivity index (χ3n) is 4.52. The molecule has 3 aliphatic carbocycles. The average Bonchev–Trinajstić information content (AvgIpc) is 2.26. The third kappa shape index (κ3) is 0.690. The van der Waals surface area contributed by atoms with E-state index in [1.54, 1.807) is 6.42 Å². The molecule has 0 nitrogen and oxygen atoms in total. The molecule has 0 spiro atoms. The van der Waals surface area contributed by atoms with E-state index >= 15 is 0 Å². The Bertz CT molecular complexity index is 185. The van der Waals surface area contributed by atoms with E-state index in [4.69, 9.17) is 12.6 Å². The van der Waals surface area contributed by atoms with Gasteiger partial charge in [-0.1, -0.05) is 6.92 Å². The van der Waals surface area contributed by atoms with Crippen LogP contribution in [0.3, 0.4) is 0 Å². The predicted octanol–water partition coefficient (Wildman–Crippen LogP) is 2.60. The minimum atomic E-state index is 0.764. The lowest BCUT2D eigenvalue weighted by Crippen LogP contribution is -2.33. The molecular formula is C10H16S. The fraction of sp³-hybridized carbons (Fsp3) is 1.00. The van der Waals surface area contributed by atoms with Crippen LogP contribution in [-0.2, 0) is 0 Å². The van der Waals surface area contributed by atoms with E-state index in [0.717, 1.165) is 34.8 Å². The molecule has 1 heteroatoms. The van der Waals surface area contributed by atoms with E-state index in [-0.39, 0.29) is 0 Å². The van der Waals surface area contributed by atoms with Crippen molar-refractivity contribution in [1.82, 2.24) is 0 Å². The first-order valence-electron chi connectivity index (χ1n) is 4.95. The summed E-state index contributed by atoms with van der Waals surface area (Å²) in [6, 6.07) is 0. The van der Waals surface area contributed by atoms with Crippen LogP contribution in [0.25, 0.3) is 0 Å². The van der Waals surface area contributed by atoms with Gasteiger partial charge >= 0.3 is 0 Å². The van der Waals surface area contributed by atoms with Crippen molar-refractivity contribution in [2.24, 2.45) is 29.6 Å². The quantitative estimate of drug-likeness (QED) is 0.528.